The number of carbonyl (C=O) groups excluding carboxylic acids is 1. The minimum absolute atomic E-state index is 0.188. The Morgan fingerprint density at radius 1 is 1.03 bits per heavy atom. The topological polar surface area (TPSA) is 45.7 Å². The van der Waals surface area contributed by atoms with Crippen LogP contribution in [0.5, 0.6) is 0 Å². The molecule has 166 valence electrons. The summed E-state index contributed by atoms with van der Waals surface area (Å²) in [7, 11) is 0. The van der Waals surface area contributed by atoms with Crippen LogP contribution in [0.1, 0.15) is 50.8 Å². The molecule has 0 N–H and O–H groups in total. The molecular weight excluding hydrogens is 398 g/mol. The summed E-state index contributed by atoms with van der Waals surface area (Å²) in [5, 5.41) is 0. The minimum Gasteiger partial charge on any atom is -0.443 e. The first kappa shape index (κ1) is 22.0. The lowest BCUT2D eigenvalue weighted by Gasteiger charge is -2.31. The van der Waals surface area contributed by atoms with Gasteiger partial charge in [0.15, 0.2) is 0 Å². The van der Waals surface area contributed by atoms with E-state index in [1.807, 2.05) is 63.2 Å². The molecule has 0 aliphatic carbocycles. The highest BCUT2D eigenvalue weighted by Crippen LogP contribution is 2.39. The molecule has 2 heterocycles. The second kappa shape index (κ2) is 9.53. The SMILES string of the molecule is CC(C)(C)OC(=O)N(c1ccccc1)c1ncccc1[C@@H]1CCCN1Cc1ccccc1. The predicted molar refractivity (Wildman–Crippen MR) is 128 cm³/mol. The second-order valence-corrected chi connectivity index (χ2v) is 9.18. The van der Waals surface area contributed by atoms with Crippen LogP contribution >= 0.6 is 0 Å². The van der Waals surface area contributed by atoms with Gasteiger partial charge in [0.25, 0.3) is 0 Å². The van der Waals surface area contributed by atoms with Crippen LogP contribution in [0, 0.1) is 0 Å². The molecule has 32 heavy (non-hydrogen) atoms. The molecule has 1 aromatic heterocycles. The zero-order valence-electron chi connectivity index (χ0n) is 19.1. The number of carbonyl (C=O) groups is 1. The van der Waals surface area contributed by atoms with E-state index in [0.717, 1.165) is 37.2 Å². The van der Waals surface area contributed by atoms with E-state index in [4.69, 9.17) is 9.72 Å². The molecule has 5 heteroatoms. The number of rotatable bonds is 5. The molecule has 0 bridgehead atoms. The Bertz CT molecular complexity index is 1030. The molecule has 0 radical (unpaired) electrons. The Balaban J connectivity index is 1.72. The maximum absolute atomic E-state index is 13.3. The van der Waals surface area contributed by atoms with Gasteiger partial charge in [-0.3, -0.25) is 4.90 Å². The molecule has 3 aromatic rings. The average molecular weight is 430 g/mol. The van der Waals surface area contributed by atoms with Gasteiger partial charge in [0, 0.05) is 24.3 Å². The molecule has 2 aromatic carbocycles. The van der Waals surface area contributed by atoms with Crippen LogP contribution in [0.3, 0.4) is 0 Å². The summed E-state index contributed by atoms with van der Waals surface area (Å²) in [6.07, 6.45) is 3.47. The van der Waals surface area contributed by atoms with Crippen molar-refractivity contribution < 1.29 is 9.53 Å². The van der Waals surface area contributed by atoms with Crippen LogP contribution in [-0.2, 0) is 11.3 Å². The van der Waals surface area contributed by atoms with Crippen LogP contribution < -0.4 is 4.90 Å². The minimum atomic E-state index is -0.605. The third kappa shape index (κ3) is 5.17. The van der Waals surface area contributed by atoms with Crippen LogP contribution in [0.2, 0.25) is 0 Å². The highest BCUT2D eigenvalue weighted by Gasteiger charge is 2.33. The van der Waals surface area contributed by atoms with E-state index in [1.165, 1.54) is 5.56 Å². The molecule has 1 saturated heterocycles. The zero-order valence-corrected chi connectivity index (χ0v) is 19.1. The van der Waals surface area contributed by atoms with Gasteiger partial charge in [0.1, 0.15) is 11.4 Å². The van der Waals surface area contributed by atoms with Crippen LogP contribution in [0.25, 0.3) is 0 Å². The van der Waals surface area contributed by atoms with Crippen molar-refractivity contribution in [1.82, 2.24) is 9.88 Å². The lowest BCUT2D eigenvalue weighted by Crippen LogP contribution is -2.35. The number of amides is 1. The summed E-state index contributed by atoms with van der Waals surface area (Å²) < 4.78 is 5.78. The molecular formula is C27H31N3O2. The van der Waals surface area contributed by atoms with Crippen molar-refractivity contribution in [3.05, 3.63) is 90.1 Å². The molecule has 1 atom stereocenters. The molecule has 1 amide bonds. The van der Waals surface area contributed by atoms with Gasteiger partial charge in [0.2, 0.25) is 0 Å². The van der Waals surface area contributed by atoms with Crippen molar-refractivity contribution in [3.63, 3.8) is 0 Å². The largest absolute Gasteiger partial charge is 0.443 e. The normalized spacial score (nSPS) is 16.7. The first-order chi connectivity index (χ1) is 15.4. The Hall–Kier alpha value is -3.18. The number of hydrogen-bond donors (Lipinski definition) is 0. The number of benzene rings is 2. The number of nitrogens with zero attached hydrogens (tertiary/aromatic N) is 3. The van der Waals surface area contributed by atoms with Gasteiger partial charge < -0.3 is 4.74 Å². The summed E-state index contributed by atoms with van der Waals surface area (Å²) in [5.41, 5.74) is 2.48. The summed E-state index contributed by atoms with van der Waals surface area (Å²) in [6, 6.07) is 24.4. The molecule has 5 nitrogen and oxygen atoms in total. The average Bonchev–Trinajstić information content (AvgIpc) is 3.22. The van der Waals surface area contributed by atoms with E-state index < -0.39 is 11.7 Å². The maximum atomic E-state index is 13.3. The number of para-hydroxylation sites is 1. The third-order valence-corrected chi connectivity index (χ3v) is 5.57. The van der Waals surface area contributed by atoms with Gasteiger partial charge in [-0.15, -0.1) is 0 Å². The van der Waals surface area contributed by atoms with Crippen molar-refractivity contribution in [2.75, 3.05) is 11.4 Å². The molecule has 1 aliphatic rings. The lowest BCUT2D eigenvalue weighted by molar-refractivity contribution is 0.0597. The van der Waals surface area contributed by atoms with E-state index in [1.54, 1.807) is 11.1 Å². The second-order valence-electron chi connectivity index (χ2n) is 9.18. The number of anilines is 2. The highest BCUT2D eigenvalue weighted by atomic mass is 16.6. The molecule has 4 rings (SSSR count). The van der Waals surface area contributed by atoms with Crippen LogP contribution in [0.4, 0.5) is 16.3 Å². The van der Waals surface area contributed by atoms with Gasteiger partial charge in [0.05, 0.1) is 5.69 Å². The van der Waals surface area contributed by atoms with Crippen molar-refractivity contribution >= 4 is 17.6 Å². The molecule has 1 aliphatic heterocycles. The van der Waals surface area contributed by atoms with E-state index in [9.17, 15) is 4.79 Å². The van der Waals surface area contributed by atoms with E-state index >= 15 is 0 Å². The number of likely N-dealkylation sites (tertiary alicyclic amines) is 1. The summed E-state index contributed by atoms with van der Waals surface area (Å²) in [5.74, 6) is 0.637. The van der Waals surface area contributed by atoms with Crippen molar-refractivity contribution in [3.8, 4) is 0 Å². The van der Waals surface area contributed by atoms with Crippen LogP contribution in [0.15, 0.2) is 79.0 Å². The molecule has 0 spiro atoms. The fraction of sp³-hybridized carbons (Fsp3) is 0.333. The fourth-order valence-corrected chi connectivity index (χ4v) is 4.24. The van der Waals surface area contributed by atoms with Gasteiger partial charge in [-0.05, 0) is 63.9 Å². The Kier molecular flexibility index (Phi) is 6.56. The molecule has 0 saturated carbocycles. The van der Waals surface area contributed by atoms with E-state index in [-0.39, 0.29) is 6.04 Å². The summed E-state index contributed by atoms with van der Waals surface area (Å²) >= 11 is 0. The number of pyridine rings is 1. The van der Waals surface area contributed by atoms with Gasteiger partial charge in [-0.1, -0.05) is 54.6 Å². The van der Waals surface area contributed by atoms with Crippen molar-refractivity contribution in [2.45, 2.75) is 51.8 Å². The Labute approximate surface area is 190 Å². The van der Waals surface area contributed by atoms with E-state index in [0.29, 0.717) is 5.82 Å². The lowest BCUT2D eigenvalue weighted by atomic mass is 10.0. The van der Waals surface area contributed by atoms with Gasteiger partial charge in [-0.25, -0.2) is 14.7 Å². The number of hydrogen-bond acceptors (Lipinski definition) is 4. The predicted octanol–water partition coefficient (Wildman–Crippen LogP) is 6.49. The van der Waals surface area contributed by atoms with Crippen molar-refractivity contribution in [1.29, 1.82) is 0 Å². The highest BCUT2D eigenvalue weighted by molar-refractivity contribution is 5.96. The first-order valence-corrected chi connectivity index (χ1v) is 11.2. The zero-order chi connectivity index (χ0) is 22.6. The maximum Gasteiger partial charge on any atom is 0.420 e. The smallest absolute Gasteiger partial charge is 0.420 e. The van der Waals surface area contributed by atoms with Crippen LogP contribution in [-0.4, -0.2) is 28.1 Å². The van der Waals surface area contributed by atoms with Gasteiger partial charge in [-0.2, -0.15) is 0 Å². The quantitative estimate of drug-likeness (QED) is 0.465. The molecule has 1 fully saturated rings. The third-order valence-electron chi connectivity index (χ3n) is 5.57. The first-order valence-electron chi connectivity index (χ1n) is 11.2. The number of aromatic nitrogens is 1. The number of ether oxygens (including phenoxy) is 1. The Morgan fingerprint density at radius 2 is 1.72 bits per heavy atom. The van der Waals surface area contributed by atoms with Crippen molar-refractivity contribution in [2.24, 2.45) is 0 Å². The van der Waals surface area contributed by atoms with Gasteiger partial charge >= 0.3 is 6.09 Å². The summed E-state index contributed by atoms with van der Waals surface area (Å²) in [6.45, 7) is 7.53. The Morgan fingerprint density at radius 3 is 2.41 bits per heavy atom. The fourth-order valence-electron chi connectivity index (χ4n) is 4.24. The summed E-state index contributed by atoms with van der Waals surface area (Å²) in [4.78, 5) is 22.1. The standard InChI is InChI=1S/C27H31N3O2/c1-27(2,3)32-26(31)30(22-14-8-5-9-15-22)25-23(16-10-18-28-25)24-17-11-19-29(24)20-21-12-6-4-7-13-21/h4-10,12-16,18,24H,11,17,19-20H2,1-3H3/t24-/m0/s1. The van der Waals surface area contributed by atoms with E-state index in [2.05, 4.69) is 35.2 Å². The monoisotopic (exact) mass is 429 g/mol. The molecule has 0 unspecified atom stereocenters.